The molecule has 7 nitrogen and oxygen atoms in total. The van der Waals surface area contributed by atoms with Crippen molar-refractivity contribution in [3.05, 3.63) is 94.5 Å². The Labute approximate surface area is 239 Å². The Kier molecular flexibility index (Phi) is 9.53. The summed E-state index contributed by atoms with van der Waals surface area (Å²) in [6.07, 6.45) is 3.90. The number of hydrogen-bond acceptors (Lipinski definition) is 4. The van der Waals surface area contributed by atoms with Crippen molar-refractivity contribution in [2.45, 2.75) is 56.1 Å². The second kappa shape index (κ2) is 12.9. The zero-order chi connectivity index (χ0) is 28.0. The van der Waals surface area contributed by atoms with Crippen LogP contribution >= 0.6 is 23.2 Å². The average molecular weight is 589 g/mol. The lowest BCUT2D eigenvalue weighted by Gasteiger charge is -2.32. The van der Waals surface area contributed by atoms with Crippen molar-refractivity contribution in [3.8, 4) is 0 Å². The molecule has 0 unspecified atom stereocenters. The van der Waals surface area contributed by atoms with Crippen LogP contribution in [-0.2, 0) is 26.2 Å². The normalized spacial score (nSPS) is 14.5. The molecule has 1 aliphatic rings. The van der Waals surface area contributed by atoms with E-state index >= 15 is 0 Å². The van der Waals surface area contributed by atoms with E-state index in [9.17, 15) is 18.0 Å². The van der Waals surface area contributed by atoms with Crippen LogP contribution < -0.4 is 9.62 Å². The van der Waals surface area contributed by atoms with E-state index in [0.29, 0.717) is 15.6 Å². The van der Waals surface area contributed by atoms with Crippen molar-refractivity contribution < 1.29 is 18.0 Å². The van der Waals surface area contributed by atoms with Crippen molar-refractivity contribution in [2.24, 2.45) is 0 Å². The van der Waals surface area contributed by atoms with E-state index in [0.717, 1.165) is 30.0 Å². The molecule has 3 aromatic rings. The topological polar surface area (TPSA) is 86.8 Å². The maximum Gasteiger partial charge on any atom is 0.264 e. The molecule has 0 heterocycles. The van der Waals surface area contributed by atoms with Crippen molar-refractivity contribution in [3.63, 3.8) is 0 Å². The maximum atomic E-state index is 13.9. The summed E-state index contributed by atoms with van der Waals surface area (Å²) >= 11 is 12.5. The zero-order valence-corrected chi connectivity index (χ0v) is 23.9. The molecule has 206 valence electrons. The number of rotatable bonds is 10. The molecule has 1 aliphatic carbocycles. The minimum atomic E-state index is -4.13. The number of benzene rings is 3. The summed E-state index contributed by atoms with van der Waals surface area (Å²) in [6, 6.07) is 20.4. The van der Waals surface area contributed by atoms with Gasteiger partial charge in [0.2, 0.25) is 11.8 Å². The summed E-state index contributed by atoms with van der Waals surface area (Å²) in [5.74, 6) is -0.829. The smallest absolute Gasteiger partial charge is 0.264 e. The van der Waals surface area contributed by atoms with Gasteiger partial charge in [0.25, 0.3) is 10.0 Å². The monoisotopic (exact) mass is 587 g/mol. The summed E-state index contributed by atoms with van der Waals surface area (Å²) in [7, 11) is -4.13. The van der Waals surface area contributed by atoms with Crippen molar-refractivity contribution in [2.75, 3.05) is 10.8 Å². The number of anilines is 1. The van der Waals surface area contributed by atoms with Crippen LogP contribution in [0.5, 0.6) is 0 Å². The van der Waals surface area contributed by atoms with Crippen molar-refractivity contribution in [1.29, 1.82) is 0 Å². The lowest BCUT2D eigenvalue weighted by molar-refractivity contribution is -0.139. The Hall–Kier alpha value is -3.07. The largest absolute Gasteiger partial charge is 0.352 e. The van der Waals surface area contributed by atoms with Gasteiger partial charge in [0.05, 0.1) is 10.6 Å². The predicted molar refractivity (Wildman–Crippen MR) is 154 cm³/mol. The molecular weight excluding hydrogens is 557 g/mol. The molecule has 0 spiro atoms. The summed E-state index contributed by atoms with van der Waals surface area (Å²) in [5, 5.41) is 3.93. The first-order valence-electron chi connectivity index (χ1n) is 12.8. The van der Waals surface area contributed by atoms with Gasteiger partial charge >= 0.3 is 0 Å². The first kappa shape index (κ1) is 28.9. The highest BCUT2D eigenvalue weighted by Gasteiger charge is 2.33. The van der Waals surface area contributed by atoms with Crippen LogP contribution in [0, 0.1) is 0 Å². The fraction of sp³-hybridized carbons (Fsp3) is 0.310. The van der Waals surface area contributed by atoms with Gasteiger partial charge in [-0.2, -0.15) is 0 Å². The molecule has 4 rings (SSSR count). The van der Waals surface area contributed by atoms with Gasteiger partial charge in [0.1, 0.15) is 12.6 Å². The number of amides is 2. The van der Waals surface area contributed by atoms with Gasteiger partial charge in [0.15, 0.2) is 0 Å². The van der Waals surface area contributed by atoms with Gasteiger partial charge in [-0.1, -0.05) is 72.4 Å². The maximum absolute atomic E-state index is 13.9. The van der Waals surface area contributed by atoms with Crippen LogP contribution in [0.25, 0.3) is 0 Å². The minimum Gasteiger partial charge on any atom is -0.352 e. The van der Waals surface area contributed by atoms with Crippen LogP contribution in [0.15, 0.2) is 83.8 Å². The number of carbonyl (C=O) groups excluding carboxylic acids is 2. The first-order chi connectivity index (χ1) is 18.7. The summed E-state index contributed by atoms with van der Waals surface area (Å²) in [4.78, 5) is 28.6. The van der Waals surface area contributed by atoms with E-state index in [4.69, 9.17) is 23.2 Å². The van der Waals surface area contributed by atoms with Gasteiger partial charge in [-0.25, -0.2) is 8.42 Å². The predicted octanol–water partition coefficient (Wildman–Crippen LogP) is 5.66. The van der Waals surface area contributed by atoms with E-state index in [1.165, 1.54) is 17.0 Å². The third-order valence-electron chi connectivity index (χ3n) is 6.89. The van der Waals surface area contributed by atoms with Gasteiger partial charge in [-0.15, -0.1) is 0 Å². The van der Waals surface area contributed by atoms with Crippen molar-refractivity contribution >= 4 is 50.7 Å². The molecule has 0 bridgehead atoms. The molecule has 1 atom stereocenters. The molecule has 2 amide bonds. The molecule has 3 aromatic carbocycles. The van der Waals surface area contributed by atoms with Crippen LogP contribution in [0.4, 0.5) is 5.69 Å². The fourth-order valence-electron chi connectivity index (χ4n) is 4.64. The number of carbonyl (C=O) groups is 2. The fourth-order valence-corrected chi connectivity index (χ4v) is 6.40. The van der Waals surface area contributed by atoms with Crippen LogP contribution in [0.3, 0.4) is 0 Å². The Morgan fingerprint density at radius 1 is 0.923 bits per heavy atom. The van der Waals surface area contributed by atoms with Crippen LogP contribution in [0.2, 0.25) is 10.0 Å². The van der Waals surface area contributed by atoms with E-state index in [2.05, 4.69) is 5.32 Å². The highest BCUT2D eigenvalue weighted by atomic mass is 35.5. The Balaban J connectivity index is 1.68. The lowest BCUT2D eigenvalue weighted by Crippen LogP contribution is -2.52. The molecule has 10 heteroatoms. The molecule has 39 heavy (non-hydrogen) atoms. The van der Waals surface area contributed by atoms with E-state index in [1.807, 2.05) is 0 Å². The second-order valence-corrected chi connectivity index (χ2v) is 12.3. The van der Waals surface area contributed by atoms with Gasteiger partial charge in [-0.3, -0.25) is 13.9 Å². The summed E-state index contributed by atoms with van der Waals surface area (Å²) < 4.78 is 28.5. The van der Waals surface area contributed by atoms with E-state index in [1.54, 1.807) is 73.7 Å². The molecule has 0 aromatic heterocycles. The van der Waals surface area contributed by atoms with E-state index in [-0.39, 0.29) is 29.1 Å². The molecular formula is C29H31Cl2N3O4S. The Bertz CT molecular complexity index is 1400. The molecule has 1 N–H and O–H groups in total. The molecule has 0 saturated heterocycles. The summed E-state index contributed by atoms with van der Waals surface area (Å²) in [5.41, 5.74) is 0.925. The van der Waals surface area contributed by atoms with Crippen LogP contribution in [-0.4, -0.2) is 43.8 Å². The zero-order valence-electron chi connectivity index (χ0n) is 21.6. The number of nitrogens with one attached hydrogen (secondary N) is 1. The highest BCUT2D eigenvalue weighted by Crippen LogP contribution is 2.27. The third kappa shape index (κ3) is 7.12. The van der Waals surface area contributed by atoms with Crippen LogP contribution in [0.1, 0.15) is 38.2 Å². The highest BCUT2D eigenvalue weighted by molar-refractivity contribution is 7.92. The summed E-state index contributed by atoms with van der Waals surface area (Å²) in [6.45, 7) is 1.17. The van der Waals surface area contributed by atoms with Gasteiger partial charge in [0, 0.05) is 22.6 Å². The number of halogens is 2. The second-order valence-electron chi connectivity index (χ2n) is 9.58. The number of sulfonamides is 1. The lowest BCUT2D eigenvalue weighted by atomic mass is 10.1. The molecule has 0 aliphatic heterocycles. The molecule has 0 radical (unpaired) electrons. The Morgan fingerprint density at radius 3 is 2.18 bits per heavy atom. The molecule has 1 fully saturated rings. The standard InChI is InChI=1S/C29H31Cl2N3O4S/c1-21(29(36)32-24-10-6-7-11-24)33(19-22-9-5-8-14-27(22)31)28(35)20-34(25-17-15-23(30)16-18-25)39(37,38)26-12-3-2-4-13-26/h2-5,8-9,12-18,21,24H,6-7,10-11,19-20H2,1H3,(H,32,36)/t21-/m1/s1. The van der Waals surface area contributed by atoms with Gasteiger partial charge < -0.3 is 10.2 Å². The Morgan fingerprint density at radius 2 is 1.54 bits per heavy atom. The SMILES string of the molecule is C[C@H](C(=O)NC1CCCC1)N(Cc1ccccc1Cl)C(=O)CN(c1ccc(Cl)cc1)S(=O)(=O)c1ccccc1. The quantitative estimate of drug-likeness (QED) is 0.331. The van der Waals surface area contributed by atoms with Crippen molar-refractivity contribution in [1.82, 2.24) is 10.2 Å². The van der Waals surface area contributed by atoms with E-state index < -0.39 is 28.5 Å². The number of nitrogens with zero attached hydrogens (tertiary/aromatic N) is 2. The first-order valence-corrected chi connectivity index (χ1v) is 15.0. The average Bonchev–Trinajstić information content (AvgIpc) is 3.45. The van der Waals surface area contributed by atoms with Gasteiger partial charge in [-0.05, 0) is 67.8 Å². The number of hydrogen-bond donors (Lipinski definition) is 1. The molecule has 1 saturated carbocycles. The minimum absolute atomic E-state index is 0.0393. The third-order valence-corrected chi connectivity index (χ3v) is 9.30.